The summed E-state index contributed by atoms with van der Waals surface area (Å²) in [7, 11) is 0. The van der Waals surface area contributed by atoms with Crippen LogP contribution in [0.15, 0.2) is 400 Å². The highest BCUT2D eigenvalue weighted by Crippen LogP contribution is 2.45. The Morgan fingerprint density at radius 2 is 0.471 bits per heavy atom. The van der Waals surface area contributed by atoms with Gasteiger partial charge in [0.2, 0.25) is 0 Å². The van der Waals surface area contributed by atoms with E-state index in [1.165, 1.54) is 80.8 Å². The third kappa shape index (κ3) is 15.0. The summed E-state index contributed by atoms with van der Waals surface area (Å²) in [5.74, 6) is 4.43. The van der Waals surface area contributed by atoms with Crippen molar-refractivity contribution in [3.63, 3.8) is 0 Å². The molecular formula is C117H79Br4N15. The molecule has 136 heavy (non-hydrogen) atoms. The lowest BCUT2D eigenvalue weighted by molar-refractivity contribution is 1.25. The fourth-order valence-corrected chi connectivity index (χ4v) is 20.8. The topological polar surface area (TPSA) is 222 Å². The van der Waals surface area contributed by atoms with Crippen LogP contribution in [0.2, 0.25) is 0 Å². The van der Waals surface area contributed by atoms with E-state index < -0.39 is 0 Å². The number of rotatable bonds is 9. The van der Waals surface area contributed by atoms with Gasteiger partial charge in [0.05, 0.1) is 55.9 Å². The molecule has 10 aromatic heterocycles. The molecule has 0 aliphatic rings. The second-order valence-corrected chi connectivity index (χ2v) is 37.6. The van der Waals surface area contributed by atoms with Crippen molar-refractivity contribution in [1.82, 2.24) is 74.8 Å². The normalized spacial score (nSPS) is 11.6. The Hall–Kier alpha value is -16.0. The Balaban J connectivity index is 0.0000000930. The summed E-state index contributed by atoms with van der Waals surface area (Å²) in [5.41, 5.74) is 28.0. The summed E-state index contributed by atoms with van der Waals surface area (Å²) in [6, 6.07) is 126. The van der Waals surface area contributed by atoms with Crippen LogP contribution in [-0.4, -0.2) is 74.8 Å². The number of H-pyrrole nitrogens is 10. The fraction of sp³-hybridized carbons (Fsp3) is 0.0171. The zero-order valence-corrected chi connectivity index (χ0v) is 79.5. The molecule has 28 rings (SSSR count). The molecule has 0 saturated heterocycles. The first-order chi connectivity index (χ1) is 66.9. The van der Waals surface area contributed by atoms with Crippen LogP contribution < -0.4 is 0 Å². The van der Waals surface area contributed by atoms with Gasteiger partial charge in [-0.1, -0.05) is 349 Å². The first-order valence-electron chi connectivity index (χ1n) is 44.9. The first-order valence-corrected chi connectivity index (χ1v) is 48.0. The second kappa shape index (κ2) is 34.8. The quantitative estimate of drug-likeness (QED) is 0.0636. The smallest absolute Gasteiger partial charge is 0.140 e. The highest BCUT2D eigenvalue weighted by atomic mass is 79.9. The van der Waals surface area contributed by atoms with Crippen LogP contribution in [0.25, 0.3) is 254 Å². The largest absolute Gasteiger partial charge is 0.360 e. The second-order valence-electron chi connectivity index (χ2n) is 33.9. The maximum Gasteiger partial charge on any atom is 0.140 e. The number of aromatic amines is 10. The highest BCUT2D eigenvalue weighted by Gasteiger charge is 2.25. The zero-order chi connectivity index (χ0) is 91.2. The van der Waals surface area contributed by atoms with E-state index in [1.54, 1.807) is 0 Å². The van der Waals surface area contributed by atoms with Crippen LogP contribution in [0.1, 0.15) is 11.4 Å². The van der Waals surface area contributed by atoms with Gasteiger partial charge in [0, 0.05) is 185 Å². The average Bonchev–Trinajstić information content (AvgIpc) is 1.56. The molecule has 0 aliphatic carbocycles. The van der Waals surface area contributed by atoms with Gasteiger partial charge >= 0.3 is 0 Å². The summed E-state index contributed by atoms with van der Waals surface area (Å²) < 4.78 is 4.22. The molecule has 0 amide bonds. The van der Waals surface area contributed by atoms with E-state index in [4.69, 9.17) is 24.9 Å². The third-order valence-corrected chi connectivity index (χ3v) is 27.8. The lowest BCUT2D eigenvalue weighted by Gasteiger charge is -2.05. The number of para-hydroxylation sites is 3. The van der Waals surface area contributed by atoms with Gasteiger partial charge in [0.15, 0.2) is 0 Å². The number of nitrogens with zero attached hydrogens (tertiary/aromatic N) is 5. The van der Waals surface area contributed by atoms with Gasteiger partial charge < -0.3 is 49.8 Å². The van der Waals surface area contributed by atoms with Crippen molar-refractivity contribution in [1.29, 1.82) is 0 Å². The van der Waals surface area contributed by atoms with E-state index in [2.05, 4.69) is 419 Å². The molecule has 15 nitrogen and oxygen atoms in total. The number of aryl methyl sites for hydroxylation is 2. The maximum atomic E-state index is 5.07. The molecule has 10 heterocycles. The van der Waals surface area contributed by atoms with Gasteiger partial charge in [0.1, 0.15) is 29.1 Å². The van der Waals surface area contributed by atoms with Crippen molar-refractivity contribution in [3.05, 3.63) is 412 Å². The van der Waals surface area contributed by atoms with Crippen LogP contribution in [-0.2, 0) is 0 Å². The molecule has 18 aromatic carbocycles. The summed E-state index contributed by atoms with van der Waals surface area (Å²) >= 11 is 14.2. The third-order valence-electron chi connectivity index (χ3n) is 25.8. The molecule has 0 atom stereocenters. The minimum Gasteiger partial charge on any atom is -0.360 e. The molecule has 650 valence electrons. The molecule has 0 saturated carbocycles. The summed E-state index contributed by atoms with van der Waals surface area (Å²) in [6.07, 6.45) is 6.07. The fourth-order valence-electron chi connectivity index (χ4n) is 19.5. The van der Waals surface area contributed by atoms with Crippen LogP contribution in [0.4, 0.5) is 0 Å². The van der Waals surface area contributed by atoms with Gasteiger partial charge in [0.25, 0.3) is 0 Å². The van der Waals surface area contributed by atoms with E-state index in [1.807, 2.05) is 91.4 Å². The molecule has 28 aromatic rings. The van der Waals surface area contributed by atoms with Crippen molar-refractivity contribution in [2.24, 2.45) is 0 Å². The number of benzene rings is 18. The molecule has 0 aliphatic heterocycles. The average molecular weight is 2010 g/mol. The lowest BCUT2D eigenvalue weighted by Crippen LogP contribution is -1.83. The Morgan fingerprint density at radius 3 is 0.868 bits per heavy atom. The molecular weight excluding hydrogens is 1940 g/mol. The minimum absolute atomic E-state index is 0.848. The number of halogens is 4. The predicted molar refractivity (Wildman–Crippen MR) is 579 cm³/mol. The monoisotopic (exact) mass is 2010 g/mol. The molecule has 0 radical (unpaired) electrons. The van der Waals surface area contributed by atoms with Gasteiger partial charge in [-0.15, -0.1) is 0 Å². The number of aromatic nitrogens is 15. The first kappa shape index (κ1) is 83.1. The Bertz CT molecular complexity index is 9250. The van der Waals surface area contributed by atoms with E-state index in [-0.39, 0.29) is 0 Å². The van der Waals surface area contributed by atoms with Crippen molar-refractivity contribution in [3.8, 4) is 102 Å². The SMILES string of the molecule is Brc1ccc(-c2[nH]c(-c3c[nH]c4ccc(Br)cc34)nc2-c2ccccc2)cc1.Brc1ccc2[nH]cc(-c3nc4c5ccccc5c5ccccc5c4[nH]3)c2c1.Cc1[nH]c2ccccc2c1-c1nc(-c2ccccc2)c(-c2ccc(Br)cc2)[nH]1.Cc1[nH]c2ccccc2c1-c1nc2c3ccccc3c3ccccc3c2[nH]1.c1ccc2c(-c3nc4c5ccccc5c5ccccc5c4[nH]3)c[nH]c2c1. The maximum absolute atomic E-state index is 5.07. The Kier molecular flexibility index (Phi) is 21.3. The van der Waals surface area contributed by atoms with Crippen molar-refractivity contribution in [2.45, 2.75) is 13.8 Å². The van der Waals surface area contributed by atoms with Crippen LogP contribution in [0, 0.1) is 13.8 Å². The summed E-state index contributed by atoms with van der Waals surface area (Å²) in [5, 5.41) is 20.5. The van der Waals surface area contributed by atoms with Crippen LogP contribution >= 0.6 is 63.7 Å². The molecule has 19 heteroatoms. The summed E-state index contributed by atoms with van der Waals surface area (Å²) in [4.78, 5) is 60.1. The molecule has 0 bridgehead atoms. The lowest BCUT2D eigenvalue weighted by atomic mass is 10.0. The van der Waals surface area contributed by atoms with Crippen molar-refractivity contribution in [2.75, 3.05) is 0 Å². The molecule has 0 fully saturated rings. The van der Waals surface area contributed by atoms with Crippen molar-refractivity contribution >= 4 is 216 Å². The number of nitrogens with one attached hydrogen (secondary N) is 10. The van der Waals surface area contributed by atoms with Gasteiger partial charge in [-0.05, 0) is 125 Å². The van der Waals surface area contributed by atoms with Crippen LogP contribution in [0.5, 0.6) is 0 Å². The number of fused-ring (bicyclic) bond motifs is 23. The van der Waals surface area contributed by atoms with Gasteiger partial charge in [-0.2, -0.15) is 0 Å². The minimum atomic E-state index is 0.848. The van der Waals surface area contributed by atoms with Crippen LogP contribution in [0.3, 0.4) is 0 Å². The van der Waals surface area contributed by atoms with E-state index in [9.17, 15) is 0 Å². The number of hydrogen-bond acceptors (Lipinski definition) is 5. The molecule has 10 N–H and O–H groups in total. The van der Waals surface area contributed by atoms with E-state index >= 15 is 0 Å². The Labute approximate surface area is 811 Å². The number of hydrogen-bond donors (Lipinski definition) is 10. The standard InChI is InChI=1S/C24H18BrN3.C24H17N3.C23H15Br2N3.C23H14BrN3.C23H15N3/c1-15-21(19-9-5-6-10-20(19)26-15)24-27-22(16-7-3-2-4-8-16)23(28-24)17-11-13-18(25)14-12-17;1-14-21(19-12-6-7-13-20(19)25-14)24-26-22-17-10-4-2-8-15(17)16-9-3-5-11-18(16)23(22)27-24;24-16-8-6-15(7-9-16)22-21(14-4-2-1-3-5-14)27-23(28-22)19-13-26-20-11-10-17(25)12-18(19)20;24-13-9-10-20-18(11-13)19(12-25-20)23-26-21-16-7-3-1-5-14(16)15-6-2-4-8-17(15)22(21)27-23;1-3-10-17-14(7-1)15-8-2-4-11-18(15)22-21(17)25-23(26-22)19-13-24-20-12-6-5-9-16(19)20/h2-14,26H,1H3,(H,27,28);2-13,25H,1H3,(H,26,27);1-13,26H,(H,27,28);1-12,25H,(H,26,27);1-13,24H,(H,25,26). The zero-order valence-electron chi connectivity index (χ0n) is 73.1. The molecule has 0 spiro atoms. The summed E-state index contributed by atoms with van der Waals surface area (Å²) in [6.45, 7) is 4.21. The molecule has 0 unspecified atom stereocenters. The van der Waals surface area contributed by atoms with Crippen molar-refractivity contribution < 1.29 is 0 Å². The van der Waals surface area contributed by atoms with E-state index in [0.29, 0.717) is 0 Å². The highest BCUT2D eigenvalue weighted by molar-refractivity contribution is 9.11. The predicted octanol–water partition coefficient (Wildman–Crippen LogP) is 33.5. The van der Waals surface area contributed by atoms with Gasteiger partial charge in [-0.3, -0.25) is 0 Å². The van der Waals surface area contributed by atoms with E-state index in [0.717, 1.165) is 203 Å². The number of imidazole rings is 5. The Morgan fingerprint density at radius 1 is 0.199 bits per heavy atom. The van der Waals surface area contributed by atoms with Gasteiger partial charge in [-0.25, -0.2) is 24.9 Å².